The normalized spacial score (nSPS) is 27.0. The Morgan fingerprint density at radius 2 is 1.73 bits per heavy atom. The quantitative estimate of drug-likeness (QED) is 0.727. The Morgan fingerprint density at radius 3 is 2.40 bits per heavy atom. The van der Waals surface area contributed by atoms with Crippen molar-refractivity contribution in [2.24, 2.45) is 5.92 Å². The number of piperidine rings is 2. The van der Waals surface area contributed by atoms with Gasteiger partial charge in [-0.1, -0.05) is 0 Å². The molecule has 3 nitrogen and oxygen atoms in total. The fourth-order valence-corrected chi connectivity index (χ4v) is 2.68. The molecule has 3 heteroatoms. The molecule has 2 N–H and O–H groups in total. The van der Waals surface area contributed by atoms with Crippen LogP contribution in [0.2, 0.25) is 0 Å². The standard InChI is InChI=1S/C12H24N2O/c15-12-4-9-14(10-5-12)8-3-11-1-6-13-7-2-11/h11-13,15H,1-10H2. The van der Waals surface area contributed by atoms with Gasteiger partial charge in [0, 0.05) is 13.1 Å². The van der Waals surface area contributed by atoms with Gasteiger partial charge in [-0.25, -0.2) is 0 Å². The first-order valence-corrected chi connectivity index (χ1v) is 6.46. The van der Waals surface area contributed by atoms with Crippen LogP contribution in [0.5, 0.6) is 0 Å². The van der Waals surface area contributed by atoms with Gasteiger partial charge in [-0.05, 0) is 57.7 Å². The molecule has 0 aromatic rings. The highest BCUT2D eigenvalue weighted by Crippen LogP contribution is 2.18. The maximum absolute atomic E-state index is 9.41. The van der Waals surface area contributed by atoms with E-state index in [1.54, 1.807) is 0 Å². The summed E-state index contributed by atoms with van der Waals surface area (Å²) in [5, 5.41) is 12.8. The van der Waals surface area contributed by atoms with E-state index in [2.05, 4.69) is 10.2 Å². The first-order chi connectivity index (χ1) is 7.34. The summed E-state index contributed by atoms with van der Waals surface area (Å²) < 4.78 is 0. The Hall–Kier alpha value is -0.120. The number of rotatable bonds is 3. The number of likely N-dealkylation sites (tertiary alicyclic amines) is 1. The van der Waals surface area contributed by atoms with Crippen molar-refractivity contribution in [3.63, 3.8) is 0 Å². The lowest BCUT2D eigenvalue weighted by Crippen LogP contribution is -2.37. The number of aliphatic hydroxyl groups excluding tert-OH is 1. The highest BCUT2D eigenvalue weighted by molar-refractivity contribution is 4.74. The number of nitrogens with one attached hydrogen (secondary N) is 1. The lowest BCUT2D eigenvalue weighted by atomic mass is 9.94. The van der Waals surface area contributed by atoms with E-state index in [1.165, 1.54) is 38.9 Å². The smallest absolute Gasteiger partial charge is 0.0564 e. The zero-order valence-electron chi connectivity index (χ0n) is 9.62. The van der Waals surface area contributed by atoms with Crippen LogP contribution in [0.15, 0.2) is 0 Å². The molecular formula is C12H24N2O. The van der Waals surface area contributed by atoms with Crippen molar-refractivity contribution < 1.29 is 5.11 Å². The number of hydrogen-bond acceptors (Lipinski definition) is 3. The molecule has 2 aliphatic rings. The van der Waals surface area contributed by atoms with Crippen molar-refractivity contribution in [2.75, 3.05) is 32.7 Å². The number of nitrogens with zero attached hydrogens (tertiary/aromatic N) is 1. The molecule has 0 radical (unpaired) electrons. The van der Waals surface area contributed by atoms with Crippen LogP contribution >= 0.6 is 0 Å². The summed E-state index contributed by atoms with van der Waals surface area (Å²) in [6.45, 7) is 5.88. The van der Waals surface area contributed by atoms with Crippen LogP contribution in [0.4, 0.5) is 0 Å². The summed E-state index contributed by atoms with van der Waals surface area (Å²) in [4.78, 5) is 2.52. The molecular weight excluding hydrogens is 188 g/mol. The first-order valence-electron chi connectivity index (χ1n) is 6.46. The zero-order chi connectivity index (χ0) is 10.5. The van der Waals surface area contributed by atoms with E-state index in [4.69, 9.17) is 0 Å². The van der Waals surface area contributed by atoms with Crippen LogP contribution in [-0.4, -0.2) is 48.8 Å². The van der Waals surface area contributed by atoms with E-state index in [1.807, 2.05) is 0 Å². The molecule has 0 aromatic carbocycles. The highest BCUT2D eigenvalue weighted by atomic mass is 16.3. The van der Waals surface area contributed by atoms with Crippen LogP contribution in [0, 0.1) is 5.92 Å². The largest absolute Gasteiger partial charge is 0.393 e. The Balaban J connectivity index is 1.60. The molecule has 0 amide bonds. The molecule has 0 bridgehead atoms. The second-order valence-electron chi connectivity index (χ2n) is 5.05. The molecule has 2 aliphatic heterocycles. The summed E-state index contributed by atoms with van der Waals surface area (Å²) >= 11 is 0. The maximum atomic E-state index is 9.41. The fourth-order valence-electron chi connectivity index (χ4n) is 2.68. The SMILES string of the molecule is OC1CCN(CCC2CCNCC2)CC1. The average molecular weight is 212 g/mol. The van der Waals surface area contributed by atoms with Crippen LogP contribution in [0.25, 0.3) is 0 Å². The Labute approximate surface area is 92.8 Å². The topological polar surface area (TPSA) is 35.5 Å². The molecule has 0 spiro atoms. The molecule has 0 aromatic heterocycles. The van der Waals surface area contributed by atoms with E-state index in [0.717, 1.165) is 31.8 Å². The molecule has 0 unspecified atom stereocenters. The van der Waals surface area contributed by atoms with E-state index in [9.17, 15) is 5.11 Å². The van der Waals surface area contributed by atoms with Crippen LogP contribution in [0.3, 0.4) is 0 Å². The average Bonchev–Trinajstić information content (AvgIpc) is 2.30. The van der Waals surface area contributed by atoms with Crippen molar-refractivity contribution in [1.29, 1.82) is 0 Å². The van der Waals surface area contributed by atoms with Gasteiger partial charge in [0.1, 0.15) is 0 Å². The zero-order valence-corrected chi connectivity index (χ0v) is 9.62. The molecule has 0 aliphatic carbocycles. The highest BCUT2D eigenvalue weighted by Gasteiger charge is 2.18. The predicted octanol–water partition coefficient (Wildman–Crippen LogP) is 0.833. The third kappa shape index (κ3) is 3.74. The second-order valence-corrected chi connectivity index (χ2v) is 5.05. The van der Waals surface area contributed by atoms with Crippen LogP contribution in [0.1, 0.15) is 32.1 Å². The van der Waals surface area contributed by atoms with Gasteiger partial charge in [0.25, 0.3) is 0 Å². The number of hydrogen-bond donors (Lipinski definition) is 2. The van der Waals surface area contributed by atoms with Gasteiger partial charge in [0.05, 0.1) is 6.10 Å². The lowest BCUT2D eigenvalue weighted by Gasteiger charge is -2.31. The first kappa shape index (κ1) is 11.4. The third-order valence-corrected chi connectivity index (χ3v) is 3.87. The van der Waals surface area contributed by atoms with Gasteiger partial charge >= 0.3 is 0 Å². The van der Waals surface area contributed by atoms with Crippen molar-refractivity contribution in [3.05, 3.63) is 0 Å². The summed E-state index contributed by atoms with van der Waals surface area (Å²) in [5.41, 5.74) is 0. The molecule has 88 valence electrons. The molecule has 2 fully saturated rings. The minimum atomic E-state index is -0.0277. The van der Waals surface area contributed by atoms with Crippen molar-refractivity contribution in [2.45, 2.75) is 38.2 Å². The number of aliphatic hydroxyl groups is 1. The minimum absolute atomic E-state index is 0.0277. The molecule has 0 atom stereocenters. The summed E-state index contributed by atoms with van der Waals surface area (Å²) in [7, 11) is 0. The third-order valence-electron chi connectivity index (χ3n) is 3.87. The lowest BCUT2D eigenvalue weighted by molar-refractivity contribution is 0.0789. The van der Waals surface area contributed by atoms with Crippen molar-refractivity contribution in [3.8, 4) is 0 Å². The van der Waals surface area contributed by atoms with Crippen LogP contribution in [-0.2, 0) is 0 Å². The van der Waals surface area contributed by atoms with E-state index < -0.39 is 0 Å². The van der Waals surface area contributed by atoms with Crippen molar-refractivity contribution >= 4 is 0 Å². The van der Waals surface area contributed by atoms with Crippen LogP contribution < -0.4 is 5.32 Å². The second kappa shape index (κ2) is 5.83. The monoisotopic (exact) mass is 212 g/mol. The fraction of sp³-hybridized carbons (Fsp3) is 1.00. The molecule has 15 heavy (non-hydrogen) atoms. The Morgan fingerprint density at radius 1 is 1.07 bits per heavy atom. The van der Waals surface area contributed by atoms with E-state index in [-0.39, 0.29) is 6.10 Å². The van der Waals surface area contributed by atoms with Gasteiger partial charge in [0.2, 0.25) is 0 Å². The van der Waals surface area contributed by atoms with Crippen molar-refractivity contribution in [1.82, 2.24) is 10.2 Å². The summed E-state index contributed by atoms with van der Waals surface area (Å²) in [6, 6.07) is 0. The minimum Gasteiger partial charge on any atom is -0.393 e. The molecule has 2 rings (SSSR count). The van der Waals surface area contributed by atoms with E-state index in [0.29, 0.717) is 0 Å². The summed E-state index contributed by atoms with van der Waals surface area (Å²) in [6.07, 6.45) is 6.00. The van der Waals surface area contributed by atoms with Gasteiger partial charge < -0.3 is 15.3 Å². The summed E-state index contributed by atoms with van der Waals surface area (Å²) in [5.74, 6) is 0.943. The van der Waals surface area contributed by atoms with Gasteiger partial charge in [-0.3, -0.25) is 0 Å². The molecule has 0 saturated carbocycles. The van der Waals surface area contributed by atoms with E-state index >= 15 is 0 Å². The molecule has 2 saturated heterocycles. The van der Waals surface area contributed by atoms with Gasteiger partial charge in [-0.2, -0.15) is 0 Å². The maximum Gasteiger partial charge on any atom is 0.0564 e. The van der Waals surface area contributed by atoms with Gasteiger partial charge in [0.15, 0.2) is 0 Å². The van der Waals surface area contributed by atoms with Gasteiger partial charge in [-0.15, -0.1) is 0 Å². The Kier molecular flexibility index (Phi) is 4.42. The molecule has 2 heterocycles. The predicted molar refractivity (Wildman–Crippen MR) is 61.9 cm³/mol. The Bertz CT molecular complexity index is 172.